The Labute approximate surface area is 123 Å². The van der Waals surface area contributed by atoms with Gasteiger partial charge in [0.25, 0.3) is 0 Å². The lowest BCUT2D eigenvalue weighted by Gasteiger charge is -2.03. The summed E-state index contributed by atoms with van der Waals surface area (Å²) in [5.41, 5.74) is 7.80. The minimum atomic E-state index is 0.674. The van der Waals surface area contributed by atoms with Crippen LogP contribution >= 0.6 is 11.3 Å². The first-order valence-electron chi connectivity index (χ1n) is 6.95. The molecule has 2 aromatic heterocycles. The molecule has 0 atom stereocenters. The van der Waals surface area contributed by atoms with Crippen molar-refractivity contribution in [3.05, 3.63) is 36.5 Å². The molecule has 2 heterocycles. The smallest absolute Gasteiger partial charge is 0.125 e. The van der Waals surface area contributed by atoms with Crippen LogP contribution in [0.15, 0.2) is 36.5 Å². The van der Waals surface area contributed by atoms with Gasteiger partial charge in [-0.1, -0.05) is 32.0 Å². The maximum absolute atomic E-state index is 6.12. The van der Waals surface area contributed by atoms with E-state index in [1.807, 2.05) is 10.9 Å². The second-order valence-electron chi connectivity index (χ2n) is 5.53. The van der Waals surface area contributed by atoms with Crippen molar-refractivity contribution in [2.24, 2.45) is 5.92 Å². The standard InChI is InChI=1S/C16H19N3S/c1-11(2)7-8-19-10-13(17)16(18-19)15-9-12-5-3-4-6-14(12)20-15/h3-6,9-11H,7-8,17H2,1-2H3. The zero-order chi connectivity index (χ0) is 14.1. The predicted molar refractivity (Wildman–Crippen MR) is 86.9 cm³/mol. The molecule has 2 N–H and O–H groups in total. The number of fused-ring (bicyclic) bond motifs is 1. The lowest BCUT2D eigenvalue weighted by molar-refractivity contribution is 0.488. The third-order valence-electron chi connectivity index (χ3n) is 3.38. The van der Waals surface area contributed by atoms with E-state index in [1.54, 1.807) is 11.3 Å². The lowest BCUT2D eigenvalue weighted by Crippen LogP contribution is -2.01. The molecule has 0 aliphatic carbocycles. The maximum Gasteiger partial charge on any atom is 0.125 e. The van der Waals surface area contributed by atoms with Crippen LogP contribution in [0, 0.1) is 5.92 Å². The minimum absolute atomic E-state index is 0.674. The van der Waals surface area contributed by atoms with Crippen LogP contribution in [0.5, 0.6) is 0 Å². The molecule has 20 heavy (non-hydrogen) atoms. The molecule has 3 nitrogen and oxygen atoms in total. The SMILES string of the molecule is CC(C)CCn1cc(N)c(-c2cc3ccccc3s2)n1. The molecule has 0 saturated heterocycles. The van der Waals surface area contributed by atoms with Crippen molar-refractivity contribution < 1.29 is 0 Å². The molecule has 3 rings (SSSR count). The summed E-state index contributed by atoms with van der Waals surface area (Å²) in [6.45, 7) is 5.37. The van der Waals surface area contributed by atoms with E-state index in [4.69, 9.17) is 5.73 Å². The molecule has 4 heteroatoms. The summed E-state index contributed by atoms with van der Waals surface area (Å²) in [7, 11) is 0. The van der Waals surface area contributed by atoms with Crippen LogP contribution in [-0.4, -0.2) is 9.78 Å². The van der Waals surface area contributed by atoms with Gasteiger partial charge in [0.15, 0.2) is 0 Å². The topological polar surface area (TPSA) is 43.8 Å². The summed E-state index contributed by atoms with van der Waals surface area (Å²) in [5, 5.41) is 5.90. The fourth-order valence-electron chi connectivity index (χ4n) is 2.23. The van der Waals surface area contributed by atoms with E-state index < -0.39 is 0 Å². The number of rotatable bonds is 4. The number of nitrogens with zero attached hydrogens (tertiary/aromatic N) is 2. The Morgan fingerprint density at radius 2 is 2.10 bits per heavy atom. The second-order valence-corrected chi connectivity index (χ2v) is 6.61. The van der Waals surface area contributed by atoms with Gasteiger partial charge < -0.3 is 5.73 Å². The highest BCUT2D eigenvalue weighted by molar-refractivity contribution is 7.22. The normalized spacial score (nSPS) is 11.6. The summed E-state index contributed by atoms with van der Waals surface area (Å²) in [6.07, 6.45) is 3.06. The van der Waals surface area contributed by atoms with E-state index in [9.17, 15) is 0 Å². The summed E-state index contributed by atoms with van der Waals surface area (Å²) in [4.78, 5) is 1.15. The van der Waals surface area contributed by atoms with E-state index in [-0.39, 0.29) is 0 Å². The largest absolute Gasteiger partial charge is 0.396 e. The number of thiophene rings is 1. The van der Waals surface area contributed by atoms with Gasteiger partial charge >= 0.3 is 0 Å². The Kier molecular flexibility index (Phi) is 3.49. The van der Waals surface area contributed by atoms with Crippen molar-refractivity contribution in [3.8, 4) is 10.6 Å². The van der Waals surface area contributed by atoms with E-state index in [0.717, 1.165) is 29.2 Å². The summed E-state index contributed by atoms with van der Waals surface area (Å²) in [6, 6.07) is 10.6. The van der Waals surface area contributed by atoms with Crippen LogP contribution in [0.4, 0.5) is 5.69 Å². The Bertz CT molecular complexity index is 691. The Morgan fingerprint density at radius 1 is 1.30 bits per heavy atom. The highest BCUT2D eigenvalue weighted by atomic mass is 32.1. The van der Waals surface area contributed by atoms with Crippen molar-refractivity contribution in [2.75, 3.05) is 5.73 Å². The van der Waals surface area contributed by atoms with E-state index in [1.165, 1.54) is 10.1 Å². The molecule has 1 aromatic carbocycles. The summed E-state index contributed by atoms with van der Waals surface area (Å²) in [5.74, 6) is 0.674. The van der Waals surface area contributed by atoms with Crippen LogP contribution in [-0.2, 0) is 6.54 Å². The number of hydrogen-bond donors (Lipinski definition) is 1. The first kappa shape index (κ1) is 13.2. The van der Waals surface area contributed by atoms with Gasteiger partial charge in [0.2, 0.25) is 0 Å². The minimum Gasteiger partial charge on any atom is -0.396 e. The van der Waals surface area contributed by atoms with Gasteiger partial charge in [-0.3, -0.25) is 4.68 Å². The number of benzene rings is 1. The van der Waals surface area contributed by atoms with Gasteiger partial charge in [0.1, 0.15) is 5.69 Å². The van der Waals surface area contributed by atoms with Crippen LogP contribution in [0.2, 0.25) is 0 Å². The third-order valence-corrected chi connectivity index (χ3v) is 4.51. The van der Waals surface area contributed by atoms with Gasteiger partial charge in [-0.15, -0.1) is 11.3 Å². The molecule has 104 valence electrons. The van der Waals surface area contributed by atoms with Gasteiger partial charge in [0, 0.05) is 17.4 Å². The molecule has 0 saturated carbocycles. The maximum atomic E-state index is 6.12. The first-order chi connectivity index (χ1) is 9.63. The van der Waals surface area contributed by atoms with Crippen LogP contribution in [0.1, 0.15) is 20.3 Å². The molecule has 0 fully saturated rings. The Morgan fingerprint density at radius 3 is 2.85 bits per heavy atom. The fourth-order valence-corrected chi connectivity index (χ4v) is 3.30. The molecular weight excluding hydrogens is 266 g/mol. The van der Waals surface area contributed by atoms with E-state index in [0.29, 0.717) is 5.92 Å². The molecule has 0 amide bonds. The molecule has 0 bridgehead atoms. The molecule has 0 aliphatic rings. The van der Waals surface area contributed by atoms with E-state index in [2.05, 4.69) is 49.3 Å². The monoisotopic (exact) mass is 285 g/mol. The first-order valence-corrected chi connectivity index (χ1v) is 7.77. The van der Waals surface area contributed by atoms with Crippen LogP contribution in [0.3, 0.4) is 0 Å². The highest BCUT2D eigenvalue weighted by Gasteiger charge is 2.12. The average Bonchev–Trinajstić information content (AvgIpc) is 2.99. The molecule has 0 radical (unpaired) electrons. The van der Waals surface area contributed by atoms with E-state index >= 15 is 0 Å². The third kappa shape index (κ3) is 2.56. The van der Waals surface area contributed by atoms with Crippen LogP contribution < -0.4 is 5.73 Å². The van der Waals surface area contributed by atoms with Crippen molar-refractivity contribution in [1.29, 1.82) is 0 Å². The van der Waals surface area contributed by atoms with Crippen molar-refractivity contribution in [2.45, 2.75) is 26.8 Å². The number of aromatic nitrogens is 2. The van der Waals surface area contributed by atoms with Gasteiger partial charge in [0.05, 0.1) is 10.6 Å². The molecule has 0 unspecified atom stereocenters. The highest BCUT2D eigenvalue weighted by Crippen LogP contribution is 2.35. The summed E-state index contributed by atoms with van der Waals surface area (Å²) < 4.78 is 3.24. The van der Waals surface area contributed by atoms with Gasteiger partial charge in [-0.25, -0.2) is 0 Å². The number of anilines is 1. The Hall–Kier alpha value is -1.81. The molecule has 3 aromatic rings. The average molecular weight is 285 g/mol. The zero-order valence-electron chi connectivity index (χ0n) is 11.8. The molecule has 0 aliphatic heterocycles. The van der Waals surface area contributed by atoms with Crippen molar-refractivity contribution >= 4 is 27.1 Å². The Balaban J connectivity index is 1.93. The quantitative estimate of drug-likeness (QED) is 0.772. The van der Waals surface area contributed by atoms with Crippen LogP contribution in [0.25, 0.3) is 20.7 Å². The van der Waals surface area contributed by atoms with Gasteiger partial charge in [-0.2, -0.15) is 5.10 Å². The summed E-state index contributed by atoms with van der Waals surface area (Å²) >= 11 is 1.75. The van der Waals surface area contributed by atoms with Crippen molar-refractivity contribution in [1.82, 2.24) is 9.78 Å². The zero-order valence-corrected chi connectivity index (χ0v) is 12.7. The second kappa shape index (κ2) is 5.29. The fraction of sp³-hybridized carbons (Fsp3) is 0.312. The molecule has 0 spiro atoms. The number of hydrogen-bond acceptors (Lipinski definition) is 3. The van der Waals surface area contributed by atoms with Crippen molar-refractivity contribution in [3.63, 3.8) is 0 Å². The number of aryl methyl sites for hydroxylation is 1. The predicted octanol–water partition coefficient (Wildman–Crippen LogP) is 4.39. The number of nitrogen functional groups attached to an aromatic ring is 1. The molecular formula is C16H19N3S. The number of nitrogens with two attached hydrogens (primary N) is 1. The lowest BCUT2D eigenvalue weighted by atomic mass is 10.1. The van der Waals surface area contributed by atoms with Gasteiger partial charge in [-0.05, 0) is 29.9 Å².